The van der Waals surface area contributed by atoms with Crippen LogP contribution in [0.25, 0.3) is 50.0 Å². The Morgan fingerprint density at radius 2 is 1.97 bits per heavy atom. The van der Waals surface area contributed by atoms with Gasteiger partial charge < -0.3 is 4.98 Å². The van der Waals surface area contributed by atoms with Gasteiger partial charge >= 0.3 is 0 Å². The first kappa shape index (κ1) is 20.6. The summed E-state index contributed by atoms with van der Waals surface area (Å²) < 4.78 is 13.8. The van der Waals surface area contributed by atoms with Gasteiger partial charge in [-0.15, -0.1) is 0 Å². The van der Waals surface area contributed by atoms with Crippen molar-refractivity contribution in [3.8, 4) is 22.5 Å². The highest BCUT2D eigenvalue weighted by atomic mass is 19.1. The molecule has 0 aliphatic heterocycles. The topological polar surface area (TPSA) is 70.2 Å². The van der Waals surface area contributed by atoms with Gasteiger partial charge in [-0.2, -0.15) is 5.10 Å². The van der Waals surface area contributed by atoms with E-state index >= 15 is 0 Å². The van der Waals surface area contributed by atoms with E-state index in [0.717, 1.165) is 55.5 Å². The smallest absolute Gasteiger partial charge is 0.181 e. The average Bonchev–Trinajstić information content (AvgIpc) is 3.43. The minimum Gasteiger partial charge on any atom is -0.352 e. The molecule has 4 aromatic heterocycles. The summed E-state index contributed by atoms with van der Waals surface area (Å²) in [6.45, 7) is 7.86. The summed E-state index contributed by atoms with van der Waals surface area (Å²) in [5.41, 5.74) is 8.02. The number of nitrogens with one attached hydrogen (secondary N) is 2. The van der Waals surface area contributed by atoms with E-state index in [1.54, 1.807) is 24.5 Å². The number of fused-ring (bicyclic) bond motifs is 2. The summed E-state index contributed by atoms with van der Waals surface area (Å²) in [6, 6.07) is 10.7. The summed E-state index contributed by atoms with van der Waals surface area (Å²) in [6.07, 6.45) is 11.2. The molecule has 0 atom stereocenters. The second kappa shape index (κ2) is 8.31. The van der Waals surface area contributed by atoms with Crippen LogP contribution in [0, 0.1) is 5.82 Å². The highest BCUT2D eigenvalue weighted by Crippen LogP contribution is 2.34. The summed E-state index contributed by atoms with van der Waals surface area (Å²) >= 11 is 0. The van der Waals surface area contributed by atoms with Crippen LogP contribution in [-0.2, 0) is 0 Å². The molecule has 5 rings (SSSR count). The predicted octanol–water partition coefficient (Wildman–Crippen LogP) is 6.84. The molecule has 6 heteroatoms. The molecule has 0 unspecified atom stereocenters. The first-order chi connectivity index (χ1) is 16.1. The number of hydrogen-bond acceptors (Lipinski definition) is 3. The molecule has 2 N–H and O–H groups in total. The second-order valence-electron chi connectivity index (χ2n) is 7.82. The number of aromatic nitrogens is 5. The maximum Gasteiger partial charge on any atom is 0.181 e. The van der Waals surface area contributed by atoms with Gasteiger partial charge in [0.05, 0.1) is 23.1 Å². The Balaban J connectivity index is 1.65. The molecule has 0 fully saturated rings. The van der Waals surface area contributed by atoms with Gasteiger partial charge in [-0.25, -0.2) is 9.37 Å². The predicted molar refractivity (Wildman–Crippen MR) is 132 cm³/mol. The Labute approximate surface area is 190 Å². The Kier molecular flexibility index (Phi) is 5.18. The van der Waals surface area contributed by atoms with Gasteiger partial charge in [0.25, 0.3) is 0 Å². The summed E-state index contributed by atoms with van der Waals surface area (Å²) in [4.78, 5) is 12.3. The SMILES string of the molecule is C=C/C=C(C)\C(=C/C)c1cnc2n[nH]c(-c3cc4c(-c5cccc(F)c5)cncc4[nH]3)c2c1. The van der Waals surface area contributed by atoms with Crippen LogP contribution in [0.4, 0.5) is 4.39 Å². The number of rotatable bonds is 5. The van der Waals surface area contributed by atoms with Crippen LogP contribution in [0.5, 0.6) is 0 Å². The van der Waals surface area contributed by atoms with E-state index < -0.39 is 0 Å². The van der Waals surface area contributed by atoms with Crippen molar-refractivity contribution < 1.29 is 4.39 Å². The minimum absolute atomic E-state index is 0.279. The average molecular weight is 436 g/mol. The van der Waals surface area contributed by atoms with Gasteiger partial charge in [0.1, 0.15) is 5.82 Å². The molecule has 0 spiro atoms. The summed E-state index contributed by atoms with van der Waals surface area (Å²) in [7, 11) is 0. The first-order valence-corrected chi connectivity index (χ1v) is 10.6. The molecule has 0 saturated carbocycles. The van der Waals surface area contributed by atoms with E-state index in [4.69, 9.17) is 0 Å². The Bertz CT molecular complexity index is 1570. The molecular weight excluding hydrogens is 413 g/mol. The van der Waals surface area contributed by atoms with Gasteiger partial charge in [0, 0.05) is 34.3 Å². The first-order valence-electron chi connectivity index (χ1n) is 10.6. The quantitative estimate of drug-likeness (QED) is 0.297. The lowest BCUT2D eigenvalue weighted by Gasteiger charge is -2.07. The minimum atomic E-state index is -0.279. The lowest BCUT2D eigenvalue weighted by atomic mass is 9.98. The van der Waals surface area contributed by atoms with E-state index in [1.807, 2.05) is 31.3 Å². The van der Waals surface area contributed by atoms with Crippen molar-refractivity contribution in [1.29, 1.82) is 0 Å². The zero-order valence-corrected chi connectivity index (χ0v) is 18.4. The highest BCUT2D eigenvalue weighted by molar-refractivity contribution is 6.00. The molecule has 33 heavy (non-hydrogen) atoms. The zero-order chi connectivity index (χ0) is 22.9. The maximum absolute atomic E-state index is 13.8. The van der Waals surface area contributed by atoms with Gasteiger partial charge in [0.15, 0.2) is 5.65 Å². The number of aromatic amines is 2. The number of halogens is 1. The number of H-pyrrole nitrogens is 2. The molecule has 0 radical (unpaired) electrons. The standard InChI is InChI=1S/C27H22FN5/c1-4-7-16(3)20(5-2)18-11-22-26(32-33-27(22)30-13-18)24-12-21-23(14-29-15-25(21)31-24)17-8-6-9-19(28)10-17/h4-15,31H,1H2,2-3H3,(H,30,32,33)/b16-7-,20-5+. The van der Waals surface area contributed by atoms with Crippen LogP contribution in [0.3, 0.4) is 0 Å². The van der Waals surface area contributed by atoms with E-state index in [-0.39, 0.29) is 5.82 Å². The van der Waals surface area contributed by atoms with Crippen LogP contribution < -0.4 is 0 Å². The Morgan fingerprint density at radius 1 is 1.09 bits per heavy atom. The third-order valence-corrected chi connectivity index (χ3v) is 5.75. The highest BCUT2D eigenvalue weighted by Gasteiger charge is 2.15. The number of hydrogen-bond donors (Lipinski definition) is 2. The second-order valence-corrected chi connectivity index (χ2v) is 7.82. The monoisotopic (exact) mass is 435 g/mol. The molecule has 0 aliphatic rings. The number of nitrogens with zero attached hydrogens (tertiary/aromatic N) is 3. The van der Waals surface area contributed by atoms with Crippen molar-refractivity contribution in [1.82, 2.24) is 25.1 Å². The lowest BCUT2D eigenvalue weighted by Crippen LogP contribution is -1.89. The molecule has 0 aliphatic carbocycles. The fourth-order valence-electron chi connectivity index (χ4n) is 4.21. The van der Waals surface area contributed by atoms with Crippen molar-refractivity contribution in [2.45, 2.75) is 13.8 Å². The van der Waals surface area contributed by atoms with Crippen LogP contribution in [0.1, 0.15) is 19.4 Å². The fraction of sp³-hybridized carbons (Fsp3) is 0.0741. The summed E-state index contributed by atoms with van der Waals surface area (Å²) in [5, 5.41) is 9.38. The van der Waals surface area contributed by atoms with Gasteiger partial charge in [-0.1, -0.05) is 36.9 Å². The molecule has 4 heterocycles. The summed E-state index contributed by atoms with van der Waals surface area (Å²) in [5.74, 6) is -0.279. The normalized spacial score (nSPS) is 12.6. The van der Waals surface area contributed by atoms with E-state index in [9.17, 15) is 4.39 Å². The van der Waals surface area contributed by atoms with Crippen molar-refractivity contribution >= 4 is 27.5 Å². The van der Waals surface area contributed by atoms with Gasteiger partial charge in [-0.05, 0) is 54.8 Å². The van der Waals surface area contributed by atoms with Crippen LogP contribution in [0.2, 0.25) is 0 Å². The van der Waals surface area contributed by atoms with Crippen molar-refractivity contribution in [2.24, 2.45) is 0 Å². The largest absolute Gasteiger partial charge is 0.352 e. The van der Waals surface area contributed by atoms with Crippen LogP contribution in [0.15, 0.2) is 85.4 Å². The third kappa shape index (κ3) is 3.65. The van der Waals surface area contributed by atoms with Gasteiger partial charge in [0.2, 0.25) is 0 Å². The van der Waals surface area contributed by atoms with E-state index in [1.165, 1.54) is 12.1 Å². The van der Waals surface area contributed by atoms with Crippen LogP contribution in [-0.4, -0.2) is 25.1 Å². The zero-order valence-electron chi connectivity index (χ0n) is 18.4. The van der Waals surface area contributed by atoms with E-state index in [2.05, 4.69) is 50.8 Å². The van der Waals surface area contributed by atoms with Crippen molar-refractivity contribution in [3.63, 3.8) is 0 Å². The molecule has 1 aromatic carbocycles. The van der Waals surface area contributed by atoms with Gasteiger partial charge in [-0.3, -0.25) is 10.1 Å². The molecular formula is C27H22FN5. The molecule has 162 valence electrons. The van der Waals surface area contributed by atoms with E-state index in [0.29, 0.717) is 5.65 Å². The molecule has 5 nitrogen and oxygen atoms in total. The molecule has 0 bridgehead atoms. The number of benzene rings is 1. The Morgan fingerprint density at radius 3 is 2.76 bits per heavy atom. The molecule has 0 amide bonds. The maximum atomic E-state index is 13.8. The molecule has 0 saturated heterocycles. The lowest BCUT2D eigenvalue weighted by molar-refractivity contribution is 0.628. The van der Waals surface area contributed by atoms with Crippen LogP contribution >= 0.6 is 0 Å². The van der Waals surface area contributed by atoms with Crippen molar-refractivity contribution in [3.05, 3.63) is 96.7 Å². The van der Waals surface area contributed by atoms with Crippen molar-refractivity contribution in [2.75, 3.05) is 0 Å². The molecule has 5 aromatic rings. The third-order valence-electron chi connectivity index (χ3n) is 5.75. The fourth-order valence-corrected chi connectivity index (χ4v) is 4.21. The Hall–Kier alpha value is -4.32. The number of allylic oxidation sites excluding steroid dienone is 5. The number of pyridine rings is 2.